The monoisotopic (exact) mass is 330 g/mol. The fraction of sp³-hybridized carbons (Fsp3) is 0.0952. The third-order valence-electron chi connectivity index (χ3n) is 4.35. The van der Waals surface area contributed by atoms with Crippen LogP contribution in [-0.2, 0) is 0 Å². The van der Waals surface area contributed by atoms with E-state index in [0.717, 1.165) is 22.6 Å². The van der Waals surface area contributed by atoms with Crippen LogP contribution in [0, 0.1) is 0 Å². The molecule has 0 saturated carbocycles. The molecule has 4 nitrogen and oxygen atoms in total. The van der Waals surface area contributed by atoms with Crippen LogP contribution in [0.4, 0.5) is 0 Å². The lowest BCUT2D eigenvalue weighted by atomic mass is 10.0. The number of para-hydroxylation sites is 2. The first-order valence-electron chi connectivity index (χ1n) is 8.18. The van der Waals surface area contributed by atoms with Gasteiger partial charge >= 0.3 is 0 Å². The van der Waals surface area contributed by atoms with E-state index >= 15 is 0 Å². The highest BCUT2D eigenvalue weighted by molar-refractivity contribution is 5.71. The molecule has 1 aliphatic rings. The van der Waals surface area contributed by atoms with Crippen molar-refractivity contribution in [3.05, 3.63) is 86.7 Å². The summed E-state index contributed by atoms with van der Waals surface area (Å²) in [5.41, 5.74) is 2.61. The maximum absolute atomic E-state index is 12.8. The third-order valence-corrected chi connectivity index (χ3v) is 4.35. The first kappa shape index (κ1) is 15.3. The first-order valence-corrected chi connectivity index (χ1v) is 8.18. The Balaban J connectivity index is 1.86. The van der Waals surface area contributed by atoms with Crippen molar-refractivity contribution >= 4 is 18.7 Å². The molecule has 25 heavy (non-hydrogen) atoms. The lowest BCUT2D eigenvalue weighted by molar-refractivity contribution is 0.259. The Morgan fingerprint density at radius 3 is 2.64 bits per heavy atom. The quantitative estimate of drug-likeness (QED) is 0.783. The lowest BCUT2D eigenvalue weighted by Crippen LogP contribution is -2.35. The van der Waals surface area contributed by atoms with Crippen molar-refractivity contribution in [2.75, 3.05) is 0 Å². The molecule has 2 aromatic carbocycles. The van der Waals surface area contributed by atoms with Crippen molar-refractivity contribution < 1.29 is 4.74 Å². The predicted octanol–water partition coefficient (Wildman–Crippen LogP) is 2.22. The van der Waals surface area contributed by atoms with E-state index in [9.17, 15) is 4.79 Å². The van der Waals surface area contributed by atoms with Gasteiger partial charge in [-0.25, -0.2) is 4.68 Å². The number of ether oxygens (including phenoxy) is 1. The van der Waals surface area contributed by atoms with Gasteiger partial charge in [-0.15, -0.1) is 0 Å². The van der Waals surface area contributed by atoms with Crippen LogP contribution < -0.4 is 20.9 Å². The van der Waals surface area contributed by atoms with Crippen molar-refractivity contribution in [1.82, 2.24) is 9.78 Å². The Morgan fingerprint density at radius 1 is 1.12 bits per heavy atom. The van der Waals surface area contributed by atoms with Crippen LogP contribution in [0.2, 0.25) is 0 Å². The molecule has 1 atom stereocenters. The molecule has 4 rings (SSSR count). The minimum atomic E-state index is -0.131. The average molecular weight is 330 g/mol. The van der Waals surface area contributed by atoms with Gasteiger partial charge in [-0.2, -0.15) is 0 Å². The summed E-state index contributed by atoms with van der Waals surface area (Å²) in [4.78, 5) is 12.8. The number of aromatic nitrogens is 2. The lowest BCUT2D eigenvalue weighted by Gasteiger charge is -2.22. The molecule has 124 valence electrons. The molecule has 1 aliphatic heterocycles. The van der Waals surface area contributed by atoms with E-state index in [1.165, 1.54) is 4.68 Å². The summed E-state index contributed by atoms with van der Waals surface area (Å²) in [5.74, 6) is 0.859. The van der Waals surface area contributed by atoms with Crippen LogP contribution in [-0.4, -0.2) is 15.9 Å². The summed E-state index contributed by atoms with van der Waals surface area (Å²) in [6.45, 7) is 5.96. The smallest absolute Gasteiger partial charge is 0.279 e. The van der Waals surface area contributed by atoms with Crippen molar-refractivity contribution in [2.24, 2.45) is 0 Å². The van der Waals surface area contributed by atoms with Gasteiger partial charge in [0.1, 0.15) is 11.9 Å². The molecule has 0 amide bonds. The summed E-state index contributed by atoms with van der Waals surface area (Å²) in [6.07, 6.45) is 3.79. The molecule has 0 saturated heterocycles. The van der Waals surface area contributed by atoms with Gasteiger partial charge in [0, 0.05) is 5.56 Å². The van der Waals surface area contributed by atoms with E-state index in [0.29, 0.717) is 10.6 Å². The highest BCUT2D eigenvalue weighted by Crippen LogP contribution is 2.29. The molecule has 0 bridgehead atoms. The van der Waals surface area contributed by atoms with Crippen molar-refractivity contribution in [3.8, 4) is 11.4 Å². The van der Waals surface area contributed by atoms with Crippen molar-refractivity contribution in [3.63, 3.8) is 0 Å². The molecule has 0 fully saturated rings. The number of H-pyrrole nitrogens is 1. The van der Waals surface area contributed by atoms with Crippen molar-refractivity contribution in [1.29, 1.82) is 0 Å². The number of benzene rings is 2. The second-order valence-electron chi connectivity index (χ2n) is 6.07. The van der Waals surface area contributed by atoms with E-state index in [2.05, 4.69) is 17.8 Å². The van der Waals surface area contributed by atoms with Crippen LogP contribution in [0.25, 0.3) is 24.4 Å². The largest absolute Gasteiger partial charge is 0.485 e. The SMILES string of the molecule is C=c1[nH]n(-c2ccccc2)c(=O)/c1=C/C1=Cc2ccccc2O[C@H]1C. The summed E-state index contributed by atoms with van der Waals surface area (Å²) >= 11 is 0. The molecule has 2 heterocycles. The van der Waals surface area contributed by atoms with Crippen LogP contribution in [0.15, 0.2) is 65.0 Å². The minimum Gasteiger partial charge on any atom is -0.485 e. The molecule has 0 radical (unpaired) electrons. The van der Waals surface area contributed by atoms with Gasteiger partial charge in [0.15, 0.2) is 0 Å². The van der Waals surface area contributed by atoms with Gasteiger partial charge in [0.25, 0.3) is 5.56 Å². The molecule has 4 heteroatoms. The van der Waals surface area contributed by atoms with Crippen LogP contribution in [0.5, 0.6) is 5.75 Å². The number of fused-ring (bicyclic) bond motifs is 1. The molecular weight excluding hydrogens is 312 g/mol. The maximum atomic E-state index is 12.8. The van der Waals surface area contributed by atoms with Gasteiger partial charge in [0.05, 0.1) is 16.3 Å². The highest BCUT2D eigenvalue weighted by atomic mass is 16.5. The molecule has 1 N–H and O–H groups in total. The van der Waals surface area contributed by atoms with Crippen LogP contribution >= 0.6 is 0 Å². The predicted molar refractivity (Wildman–Crippen MR) is 100 cm³/mol. The van der Waals surface area contributed by atoms with Crippen LogP contribution in [0.1, 0.15) is 12.5 Å². The Kier molecular flexibility index (Phi) is 3.65. The number of nitrogens with one attached hydrogen (secondary N) is 1. The van der Waals surface area contributed by atoms with Gasteiger partial charge in [0.2, 0.25) is 0 Å². The summed E-state index contributed by atoms with van der Waals surface area (Å²) in [6, 6.07) is 17.3. The molecular formula is C21H18N2O2. The zero-order valence-electron chi connectivity index (χ0n) is 13.9. The number of nitrogens with zero attached hydrogens (tertiary/aromatic N) is 1. The maximum Gasteiger partial charge on any atom is 0.279 e. The third kappa shape index (κ3) is 2.72. The first-order chi connectivity index (χ1) is 12.1. The fourth-order valence-electron chi connectivity index (χ4n) is 2.99. The minimum absolute atomic E-state index is 0.122. The average Bonchev–Trinajstić information content (AvgIpc) is 2.91. The Hall–Kier alpha value is -3.27. The second kappa shape index (κ2) is 5.98. The van der Waals surface area contributed by atoms with E-state index in [-0.39, 0.29) is 11.7 Å². The summed E-state index contributed by atoms with van der Waals surface area (Å²) in [7, 11) is 0. The summed E-state index contributed by atoms with van der Waals surface area (Å²) < 4.78 is 7.46. The van der Waals surface area contributed by atoms with Gasteiger partial charge in [-0.05, 0) is 42.8 Å². The van der Waals surface area contributed by atoms with Gasteiger partial charge < -0.3 is 4.74 Å². The molecule has 3 aromatic rings. The number of hydrogen-bond donors (Lipinski definition) is 1. The summed E-state index contributed by atoms with van der Waals surface area (Å²) in [5, 5.41) is 4.18. The van der Waals surface area contributed by atoms with E-state index < -0.39 is 0 Å². The number of hydrogen-bond acceptors (Lipinski definition) is 2. The van der Waals surface area contributed by atoms with Crippen molar-refractivity contribution in [2.45, 2.75) is 13.0 Å². The Labute approximate surface area is 145 Å². The van der Waals surface area contributed by atoms with E-state index in [1.54, 1.807) is 0 Å². The normalized spacial score (nSPS) is 16.9. The van der Waals surface area contributed by atoms with E-state index in [4.69, 9.17) is 4.74 Å². The second-order valence-corrected chi connectivity index (χ2v) is 6.07. The van der Waals surface area contributed by atoms with Crippen LogP contribution in [0.3, 0.4) is 0 Å². The van der Waals surface area contributed by atoms with Gasteiger partial charge in [-0.3, -0.25) is 9.89 Å². The topological polar surface area (TPSA) is 47.0 Å². The molecule has 0 spiro atoms. The molecule has 0 unspecified atom stereocenters. The highest BCUT2D eigenvalue weighted by Gasteiger charge is 2.17. The number of aromatic amines is 1. The number of rotatable bonds is 2. The molecule has 0 aliphatic carbocycles. The van der Waals surface area contributed by atoms with Gasteiger partial charge in [-0.1, -0.05) is 43.0 Å². The Morgan fingerprint density at radius 2 is 1.84 bits per heavy atom. The zero-order chi connectivity index (χ0) is 17.4. The molecule has 1 aromatic heterocycles. The fourth-order valence-corrected chi connectivity index (χ4v) is 2.99. The standard InChI is InChI=1S/C21H18N2O2/c1-14-19(21(24)23(22-14)18-9-4-3-5-10-18)13-17-12-16-8-6-7-11-20(16)25-15(17)2/h3-13,15,22H,1H2,2H3/b19-13+/t15-/m0/s1. The Bertz CT molecular complexity index is 1120. The van der Waals surface area contributed by atoms with E-state index in [1.807, 2.05) is 67.6 Å². The zero-order valence-corrected chi connectivity index (χ0v) is 13.9.